The molecule has 7 heteroatoms. The van der Waals surface area contributed by atoms with Crippen LogP contribution in [0.2, 0.25) is 0 Å². The summed E-state index contributed by atoms with van der Waals surface area (Å²) in [5.41, 5.74) is 0. The summed E-state index contributed by atoms with van der Waals surface area (Å²) in [6, 6.07) is 0. The molecule has 0 amide bonds. The van der Waals surface area contributed by atoms with Crippen LogP contribution < -0.4 is 5.32 Å². The minimum absolute atomic E-state index is 0.568. The number of likely N-dealkylation sites (tertiary alicyclic amines) is 1. The van der Waals surface area contributed by atoms with Crippen LogP contribution in [0.25, 0.3) is 0 Å². The van der Waals surface area contributed by atoms with Gasteiger partial charge in [0.25, 0.3) is 0 Å². The van der Waals surface area contributed by atoms with Crippen LogP contribution in [0.4, 0.5) is 0 Å². The molecule has 2 aliphatic rings. The highest BCUT2D eigenvalue weighted by atomic mass is 32.1. The summed E-state index contributed by atoms with van der Waals surface area (Å²) >= 11 is 1.81. The Morgan fingerprint density at radius 3 is 2.91 bits per heavy atom. The fourth-order valence-electron chi connectivity index (χ4n) is 3.46. The molecule has 1 N–H and O–H groups in total. The molecule has 4 rings (SSSR count). The molecule has 4 heterocycles. The Morgan fingerprint density at radius 1 is 1.27 bits per heavy atom. The van der Waals surface area contributed by atoms with E-state index in [4.69, 9.17) is 0 Å². The van der Waals surface area contributed by atoms with Crippen molar-refractivity contribution in [1.82, 2.24) is 30.0 Å². The summed E-state index contributed by atoms with van der Waals surface area (Å²) in [4.78, 5) is 8.27. The summed E-state index contributed by atoms with van der Waals surface area (Å²) in [5.74, 6) is 2.88. The third-order valence-corrected chi connectivity index (χ3v) is 5.55. The summed E-state index contributed by atoms with van der Waals surface area (Å²) in [6.07, 6.45) is 4.39. The van der Waals surface area contributed by atoms with Crippen molar-refractivity contribution in [1.29, 1.82) is 0 Å². The number of hydrogen-bond acceptors (Lipinski definition) is 6. The summed E-state index contributed by atoms with van der Waals surface area (Å²) in [7, 11) is 0. The van der Waals surface area contributed by atoms with Gasteiger partial charge >= 0.3 is 0 Å². The van der Waals surface area contributed by atoms with Crippen LogP contribution in [-0.4, -0.2) is 44.3 Å². The average molecular weight is 318 g/mol. The van der Waals surface area contributed by atoms with Gasteiger partial charge in [-0.3, -0.25) is 4.90 Å². The lowest BCUT2D eigenvalue weighted by Gasteiger charge is -2.31. The second kappa shape index (κ2) is 6.06. The zero-order valence-corrected chi connectivity index (χ0v) is 13.8. The van der Waals surface area contributed by atoms with Gasteiger partial charge in [0.2, 0.25) is 0 Å². The number of rotatable bonds is 3. The van der Waals surface area contributed by atoms with E-state index >= 15 is 0 Å². The van der Waals surface area contributed by atoms with Gasteiger partial charge in [-0.15, -0.1) is 21.5 Å². The second-order valence-corrected chi connectivity index (χ2v) is 7.52. The van der Waals surface area contributed by atoms with Crippen LogP contribution >= 0.6 is 11.3 Å². The number of nitrogens with one attached hydrogen (secondary N) is 1. The number of hydrogen-bond donors (Lipinski definition) is 1. The molecule has 22 heavy (non-hydrogen) atoms. The van der Waals surface area contributed by atoms with Gasteiger partial charge < -0.3 is 9.88 Å². The fourth-order valence-corrected chi connectivity index (χ4v) is 4.30. The van der Waals surface area contributed by atoms with Crippen LogP contribution in [0.15, 0.2) is 6.20 Å². The average Bonchev–Trinajstić information content (AvgIpc) is 3.14. The van der Waals surface area contributed by atoms with Gasteiger partial charge in [0.15, 0.2) is 0 Å². The predicted octanol–water partition coefficient (Wildman–Crippen LogP) is 1.53. The van der Waals surface area contributed by atoms with E-state index < -0.39 is 0 Å². The molecular formula is C15H22N6S. The quantitative estimate of drug-likeness (QED) is 0.930. The zero-order chi connectivity index (χ0) is 14.9. The summed E-state index contributed by atoms with van der Waals surface area (Å²) < 4.78 is 2.34. The first-order chi connectivity index (χ1) is 10.8. The molecule has 0 aliphatic carbocycles. The van der Waals surface area contributed by atoms with E-state index in [9.17, 15) is 0 Å². The van der Waals surface area contributed by atoms with E-state index in [1.807, 2.05) is 17.5 Å². The molecule has 1 fully saturated rings. The van der Waals surface area contributed by atoms with Crippen LogP contribution in [0, 0.1) is 6.92 Å². The third-order valence-electron chi connectivity index (χ3n) is 4.65. The molecule has 0 aromatic carbocycles. The van der Waals surface area contributed by atoms with E-state index in [0.29, 0.717) is 5.92 Å². The summed E-state index contributed by atoms with van der Waals surface area (Å²) in [5, 5.41) is 13.3. The Kier molecular flexibility index (Phi) is 3.94. The van der Waals surface area contributed by atoms with Crippen molar-refractivity contribution in [3.05, 3.63) is 27.7 Å². The highest BCUT2D eigenvalue weighted by Crippen LogP contribution is 2.29. The monoisotopic (exact) mass is 318 g/mol. The van der Waals surface area contributed by atoms with E-state index in [2.05, 4.69) is 36.9 Å². The first-order valence-electron chi connectivity index (χ1n) is 8.06. The molecule has 0 bridgehead atoms. The van der Waals surface area contributed by atoms with Crippen molar-refractivity contribution in [2.24, 2.45) is 0 Å². The lowest BCUT2D eigenvalue weighted by molar-refractivity contribution is 0.201. The maximum absolute atomic E-state index is 4.48. The number of fused-ring (bicyclic) bond motifs is 1. The summed E-state index contributed by atoms with van der Waals surface area (Å²) in [6.45, 7) is 8.30. The molecule has 2 aliphatic heterocycles. The van der Waals surface area contributed by atoms with Crippen LogP contribution in [0.1, 0.15) is 40.3 Å². The Bertz CT molecular complexity index is 640. The van der Waals surface area contributed by atoms with Crippen molar-refractivity contribution >= 4 is 11.3 Å². The van der Waals surface area contributed by atoms with Gasteiger partial charge in [0.05, 0.1) is 11.6 Å². The van der Waals surface area contributed by atoms with Crippen LogP contribution in [0.3, 0.4) is 0 Å². The zero-order valence-electron chi connectivity index (χ0n) is 13.0. The predicted molar refractivity (Wildman–Crippen MR) is 85.8 cm³/mol. The minimum atomic E-state index is 0.568. The Hall–Kier alpha value is -1.31. The van der Waals surface area contributed by atoms with Crippen molar-refractivity contribution in [2.75, 3.05) is 19.6 Å². The Morgan fingerprint density at radius 2 is 2.14 bits per heavy atom. The topological polar surface area (TPSA) is 58.9 Å². The van der Waals surface area contributed by atoms with Gasteiger partial charge in [-0.2, -0.15) is 0 Å². The Labute approximate surface area is 134 Å². The molecule has 2 aromatic heterocycles. The first kappa shape index (κ1) is 14.3. The Balaban J connectivity index is 1.38. The van der Waals surface area contributed by atoms with Crippen molar-refractivity contribution in [3.63, 3.8) is 0 Å². The number of aromatic nitrogens is 4. The first-order valence-corrected chi connectivity index (χ1v) is 8.87. The van der Waals surface area contributed by atoms with Crippen molar-refractivity contribution < 1.29 is 0 Å². The lowest BCUT2D eigenvalue weighted by atomic mass is 9.95. The van der Waals surface area contributed by atoms with Crippen molar-refractivity contribution in [2.45, 2.75) is 45.3 Å². The molecule has 0 saturated carbocycles. The molecule has 118 valence electrons. The minimum Gasteiger partial charge on any atom is -0.312 e. The van der Waals surface area contributed by atoms with Gasteiger partial charge in [-0.05, 0) is 32.9 Å². The van der Waals surface area contributed by atoms with Gasteiger partial charge in [-0.1, -0.05) is 0 Å². The maximum Gasteiger partial charge on any atom is 0.147 e. The molecule has 2 aromatic rings. The van der Waals surface area contributed by atoms with E-state index in [1.165, 1.54) is 23.5 Å². The standard InChI is InChI=1S/C15H22N6S/c1-11-17-8-13(22-11)10-20-5-2-12(3-6-20)15-19-18-14-9-16-4-7-21(14)15/h8,12,16H,2-7,9-10H2,1H3. The third kappa shape index (κ3) is 2.80. The van der Waals surface area contributed by atoms with Gasteiger partial charge in [0, 0.05) is 36.6 Å². The van der Waals surface area contributed by atoms with E-state index in [1.54, 1.807) is 0 Å². The van der Waals surface area contributed by atoms with Crippen LogP contribution in [0.5, 0.6) is 0 Å². The highest BCUT2D eigenvalue weighted by molar-refractivity contribution is 7.11. The molecule has 0 atom stereocenters. The SMILES string of the molecule is Cc1ncc(CN2CCC(c3nnc4n3CCNC4)CC2)s1. The molecule has 0 spiro atoms. The molecular weight excluding hydrogens is 296 g/mol. The molecule has 0 unspecified atom stereocenters. The lowest BCUT2D eigenvalue weighted by Crippen LogP contribution is -2.34. The van der Waals surface area contributed by atoms with Crippen molar-refractivity contribution in [3.8, 4) is 0 Å². The second-order valence-electron chi connectivity index (χ2n) is 6.20. The smallest absolute Gasteiger partial charge is 0.147 e. The normalized spacial score (nSPS) is 20.2. The van der Waals surface area contributed by atoms with Gasteiger partial charge in [-0.25, -0.2) is 4.98 Å². The number of thiazole rings is 1. The fraction of sp³-hybridized carbons (Fsp3) is 0.667. The van der Waals surface area contributed by atoms with Crippen LogP contribution in [-0.2, 0) is 19.6 Å². The van der Waals surface area contributed by atoms with E-state index in [-0.39, 0.29) is 0 Å². The maximum atomic E-state index is 4.48. The number of aryl methyl sites for hydroxylation is 1. The highest BCUT2D eigenvalue weighted by Gasteiger charge is 2.27. The molecule has 0 radical (unpaired) electrons. The largest absolute Gasteiger partial charge is 0.312 e. The number of nitrogens with zero attached hydrogens (tertiary/aromatic N) is 5. The molecule has 1 saturated heterocycles. The number of piperidine rings is 1. The van der Waals surface area contributed by atoms with E-state index in [0.717, 1.165) is 50.1 Å². The van der Waals surface area contributed by atoms with Gasteiger partial charge in [0.1, 0.15) is 11.6 Å². The molecule has 6 nitrogen and oxygen atoms in total.